The molecule has 0 aliphatic carbocycles. The fraction of sp³-hybridized carbons (Fsp3) is 0.133. The number of hydrogen-bond acceptors (Lipinski definition) is 5. The molecule has 0 aliphatic heterocycles. The van der Waals surface area contributed by atoms with E-state index in [1.807, 2.05) is 12.1 Å². The summed E-state index contributed by atoms with van der Waals surface area (Å²) in [6.45, 7) is 0. The second-order valence-electron chi connectivity index (χ2n) is 4.04. The Balaban J connectivity index is 2.48. The summed E-state index contributed by atoms with van der Waals surface area (Å²) in [6, 6.07) is 12.8. The Hall–Kier alpha value is -2.87. The number of nitrogens with zero attached hydrogens (tertiary/aromatic N) is 1. The standard InChI is InChI=1S/C15H15N3O2/c1-19-12-7-4-6-11(14(12)17)18-15-10(9-16)5-3-8-13(15)20-2/h3-8,18H,17H2,1-2H3. The van der Waals surface area contributed by atoms with Crippen molar-refractivity contribution in [2.45, 2.75) is 0 Å². The zero-order valence-electron chi connectivity index (χ0n) is 11.3. The van der Waals surface area contributed by atoms with Crippen molar-refractivity contribution in [1.82, 2.24) is 0 Å². The minimum Gasteiger partial charge on any atom is -0.495 e. The van der Waals surface area contributed by atoms with Crippen molar-refractivity contribution in [2.75, 3.05) is 25.3 Å². The summed E-state index contributed by atoms with van der Waals surface area (Å²) in [5.74, 6) is 1.15. The first kappa shape index (κ1) is 13.6. The Kier molecular flexibility index (Phi) is 3.96. The molecule has 5 heteroatoms. The smallest absolute Gasteiger partial charge is 0.143 e. The predicted octanol–water partition coefficient (Wildman–Crippen LogP) is 2.90. The normalized spacial score (nSPS) is 9.65. The molecule has 0 spiro atoms. The van der Waals surface area contributed by atoms with Gasteiger partial charge < -0.3 is 20.5 Å². The fourth-order valence-electron chi connectivity index (χ4n) is 1.89. The van der Waals surface area contributed by atoms with Gasteiger partial charge in [-0.15, -0.1) is 0 Å². The van der Waals surface area contributed by atoms with E-state index in [-0.39, 0.29) is 0 Å². The van der Waals surface area contributed by atoms with Gasteiger partial charge in [0.05, 0.1) is 36.8 Å². The molecule has 2 rings (SSSR count). The zero-order valence-corrected chi connectivity index (χ0v) is 11.3. The molecule has 0 fully saturated rings. The number of nitrogen functional groups attached to an aromatic ring is 1. The Labute approximate surface area is 117 Å². The van der Waals surface area contributed by atoms with Crippen LogP contribution in [-0.4, -0.2) is 14.2 Å². The van der Waals surface area contributed by atoms with E-state index in [0.717, 1.165) is 0 Å². The summed E-state index contributed by atoms with van der Waals surface area (Å²) in [5.41, 5.74) is 8.21. The third-order valence-electron chi connectivity index (χ3n) is 2.91. The number of anilines is 3. The molecule has 0 bridgehead atoms. The van der Waals surface area contributed by atoms with Crippen LogP contribution in [0, 0.1) is 11.3 Å². The topological polar surface area (TPSA) is 80.3 Å². The average molecular weight is 269 g/mol. The molecular weight excluding hydrogens is 254 g/mol. The molecule has 5 nitrogen and oxygen atoms in total. The molecule has 0 radical (unpaired) electrons. The molecule has 0 saturated heterocycles. The van der Waals surface area contributed by atoms with Crippen molar-refractivity contribution < 1.29 is 9.47 Å². The molecule has 102 valence electrons. The molecule has 0 aromatic heterocycles. The highest BCUT2D eigenvalue weighted by Gasteiger charge is 2.12. The summed E-state index contributed by atoms with van der Waals surface area (Å²) in [4.78, 5) is 0. The van der Waals surface area contributed by atoms with Crippen molar-refractivity contribution in [1.29, 1.82) is 5.26 Å². The van der Waals surface area contributed by atoms with Crippen LogP contribution < -0.4 is 20.5 Å². The van der Waals surface area contributed by atoms with Gasteiger partial charge in [0, 0.05) is 0 Å². The van der Waals surface area contributed by atoms with E-state index in [1.54, 1.807) is 38.5 Å². The summed E-state index contributed by atoms with van der Waals surface area (Å²) < 4.78 is 10.4. The largest absolute Gasteiger partial charge is 0.495 e. The molecule has 0 unspecified atom stereocenters. The van der Waals surface area contributed by atoms with Crippen LogP contribution in [0.5, 0.6) is 11.5 Å². The van der Waals surface area contributed by atoms with E-state index in [1.165, 1.54) is 0 Å². The molecule has 0 saturated carbocycles. The summed E-state index contributed by atoms with van der Waals surface area (Å²) in [6.07, 6.45) is 0. The van der Waals surface area contributed by atoms with Crippen LogP contribution in [0.2, 0.25) is 0 Å². The van der Waals surface area contributed by atoms with Crippen LogP contribution >= 0.6 is 0 Å². The number of methoxy groups -OCH3 is 2. The molecule has 2 aromatic rings. The van der Waals surface area contributed by atoms with Gasteiger partial charge in [-0.2, -0.15) is 5.26 Å². The summed E-state index contributed by atoms with van der Waals surface area (Å²) in [5, 5.41) is 12.3. The molecule has 20 heavy (non-hydrogen) atoms. The summed E-state index contributed by atoms with van der Waals surface area (Å²) in [7, 11) is 3.11. The number of nitrogens with one attached hydrogen (secondary N) is 1. The van der Waals surface area contributed by atoms with Crippen molar-refractivity contribution in [3.05, 3.63) is 42.0 Å². The lowest BCUT2D eigenvalue weighted by Gasteiger charge is -2.15. The van der Waals surface area contributed by atoms with Gasteiger partial charge in [-0.1, -0.05) is 12.1 Å². The van der Waals surface area contributed by atoms with Crippen molar-refractivity contribution in [3.8, 4) is 17.6 Å². The molecule has 0 aliphatic rings. The van der Waals surface area contributed by atoms with E-state index >= 15 is 0 Å². The SMILES string of the molecule is COc1cccc(Nc2c(C#N)cccc2OC)c1N. The molecule has 2 aromatic carbocycles. The molecule has 3 N–H and O–H groups in total. The van der Waals surface area contributed by atoms with E-state index < -0.39 is 0 Å². The first-order valence-electron chi connectivity index (χ1n) is 5.98. The molecule has 0 atom stereocenters. The highest BCUT2D eigenvalue weighted by molar-refractivity contribution is 5.81. The second-order valence-corrected chi connectivity index (χ2v) is 4.04. The van der Waals surface area contributed by atoms with Gasteiger partial charge in [0.2, 0.25) is 0 Å². The van der Waals surface area contributed by atoms with Crippen LogP contribution in [0.3, 0.4) is 0 Å². The Morgan fingerprint density at radius 2 is 1.70 bits per heavy atom. The number of benzene rings is 2. The maximum atomic E-state index is 9.18. The van der Waals surface area contributed by atoms with Gasteiger partial charge in [-0.05, 0) is 24.3 Å². The van der Waals surface area contributed by atoms with E-state index in [9.17, 15) is 5.26 Å². The van der Waals surface area contributed by atoms with Crippen molar-refractivity contribution in [3.63, 3.8) is 0 Å². The minimum atomic E-state index is 0.477. The number of rotatable bonds is 4. The van der Waals surface area contributed by atoms with Crippen LogP contribution in [0.15, 0.2) is 36.4 Å². The van der Waals surface area contributed by atoms with E-state index in [4.69, 9.17) is 15.2 Å². The summed E-state index contributed by atoms with van der Waals surface area (Å²) >= 11 is 0. The van der Waals surface area contributed by atoms with E-state index in [0.29, 0.717) is 34.1 Å². The first-order chi connectivity index (χ1) is 9.71. The number of ether oxygens (including phenoxy) is 2. The number of nitriles is 1. The highest BCUT2D eigenvalue weighted by atomic mass is 16.5. The molecule has 0 heterocycles. The Bertz CT molecular complexity index is 663. The molecule has 0 amide bonds. The lowest BCUT2D eigenvalue weighted by Crippen LogP contribution is -2.02. The zero-order chi connectivity index (χ0) is 14.5. The average Bonchev–Trinajstić information content (AvgIpc) is 2.49. The van der Waals surface area contributed by atoms with E-state index in [2.05, 4.69) is 11.4 Å². The Morgan fingerprint density at radius 1 is 1.05 bits per heavy atom. The first-order valence-corrected chi connectivity index (χ1v) is 5.98. The maximum Gasteiger partial charge on any atom is 0.143 e. The van der Waals surface area contributed by atoms with Gasteiger partial charge >= 0.3 is 0 Å². The fourth-order valence-corrected chi connectivity index (χ4v) is 1.89. The molecular formula is C15H15N3O2. The number of nitrogens with two attached hydrogens (primary N) is 1. The number of hydrogen-bond donors (Lipinski definition) is 2. The maximum absolute atomic E-state index is 9.18. The Morgan fingerprint density at radius 3 is 2.35 bits per heavy atom. The number of para-hydroxylation sites is 2. The van der Waals surface area contributed by atoms with Gasteiger partial charge in [0.25, 0.3) is 0 Å². The van der Waals surface area contributed by atoms with Gasteiger partial charge in [0.15, 0.2) is 0 Å². The second kappa shape index (κ2) is 5.85. The van der Waals surface area contributed by atoms with Crippen molar-refractivity contribution >= 4 is 17.1 Å². The van der Waals surface area contributed by atoms with Gasteiger partial charge in [-0.3, -0.25) is 0 Å². The van der Waals surface area contributed by atoms with Crippen molar-refractivity contribution in [2.24, 2.45) is 0 Å². The van der Waals surface area contributed by atoms with Gasteiger partial charge in [-0.25, -0.2) is 0 Å². The quantitative estimate of drug-likeness (QED) is 0.834. The monoisotopic (exact) mass is 269 g/mol. The van der Waals surface area contributed by atoms with Gasteiger partial charge in [0.1, 0.15) is 17.6 Å². The lowest BCUT2D eigenvalue weighted by atomic mass is 10.1. The van der Waals surface area contributed by atoms with Crippen LogP contribution in [0.25, 0.3) is 0 Å². The predicted molar refractivity (Wildman–Crippen MR) is 78.4 cm³/mol. The lowest BCUT2D eigenvalue weighted by molar-refractivity contribution is 0.416. The minimum absolute atomic E-state index is 0.477. The van der Waals surface area contributed by atoms with Crippen LogP contribution in [0.4, 0.5) is 17.1 Å². The third kappa shape index (κ3) is 2.45. The van der Waals surface area contributed by atoms with Crippen LogP contribution in [-0.2, 0) is 0 Å². The highest BCUT2D eigenvalue weighted by Crippen LogP contribution is 2.36. The third-order valence-corrected chi connectivity index (χ3v) is 2.91. The van der Waals surface area contributed by atoms with Crippen LogP contribution in [0.1, 0.15) is 5.56 Å².